The lowest BCUT2D eigenvalue weighted by molar-refractivity contribution is -0.146. The topological polar surface area (TPSA) is 38.8 Å². The second kappa shape index (κ2) is 8.53. The first-order valence-corrected chi connectivity index (χ1v) is 6.28. The highest BCUT2D eigenvalue weighted by Crippen LogP contribution is 2.00. The Labute approximate surface area is 97.9 Å². The van der Waals surface area contributed by atoms with Crippen molar-refractivity contribution in [3.8, 4) is 0 Å². The predicted octanol–water partition coefficient (Wildman–Crippen LogP) is 1.44. The van der Waals surface area contributed by atoms with Gasteiger partial charge in [0.1, 0.15) is 0 Å². The van der Waals surface area contributed by atoms with E-state index in [9.17, 15) is 4.79 Å². The molecule has 1 rings (SSSR count). The fourth-order valence-corrected chi connectivity index (χ4v) is 1.70. The van der Waals surface area contributed by atoms with Crippen molar-refractivity contribution in [3.05, 3.63) is 0 Å². The Morgan fingerprint density at radius 3 is 2.69 bits per heavy atom. The molecule has 1 aliphatic rings. The molecule has 0 N–H and O–H groups in total. The Kier molecular flexibility index (Phi) is 7.17. The number of esters is 1. The SMILES string of the molecule is CCCCCCOC(=O)CN1CCOCC1. The zero-order valence-electron chi connectivity index (χ0n) is 10.2. The molecule has 16 heavy (non-hydrogen) atoms. The highest BCUT2D eigenvalue weighted by Gasteiger charge is 2.14. The fraction of sp³-hybridized carbons (Fsp3) is 0.917. The smallest absolute Gasteiger partial charge is 0.320 e. The van der Waals surface area contributed by atoms with Crippen molar-refractivity contribution in [2.24, 2.45) is 0 Å². The summed E-state index contributed by atoms with van der Waals surface area (Å²) in [5.41, 5.74) is 0. The van der Waals surface area contributed by atoms with Gasteiger partial charge in [0.05, 0.1) is 26.4 Å². The largest absolute Gasteiger partial charge is 0.465 e. The van der Waals surface area contributed by atoms with Gasteiger partial charge in [-0.1, -0.05) is 26.2 Å². The molecule has 0 saturated carbocycles. The molecule has 0 aromatic heterocycles. The summed E-state index contributed by atoms with van der Waals surface area (Å²) in [6, 6.07) is 0. The van der Waals surface area contributed by atoms with E-state index in [1.165, 1.54) is 12.8 Å². The molecule has 0 aliphatic carbocycles. The van der Waals surface area contributed by atoms with Gasteiger partial charge >= 0.3 is 5.97 Å². The molecule has 1 fully saturated rings. The number of unbranched alkanes of at least 4 members (excludes halogenated alkanes) is 3. The van der Waals surface area contributed by atoms with E-state index in [1.807, 2.05) is 0 Å². The summed E-state index contributed by atoms with van der Waals surface area (Å²) in [7, 11) is 0. The molecule has 94 valence electrons. The average Bonchev–Trinajstić information content (AvgIpc) is 2.30. The van der Waals surface area contributed by atoms with Crippen molar-refractivity contribution in [3.63, 3.8) is 0 Å². The number of carbonyl (C=O) groups is 1. The molecule has 0 atom stereocenters. The average molecular weight is 229 g/mol. The number of rotatable bonds is 7. The quantitative estimate of drug-likeness (QED) is 0.489. The molecule has 0 aromatic rings. The van der Waals surface area contributed by atoms with E-state index in [4.69, 9.17) is 9.47 Å². The number of hydrogen-bond donors (Lipinski definition) is 0. The fourth-order valence-electron chi connectivity index (χ4n) is 1.70. The van der Waals surface area contributed by atoms with E-state index >= 15 is 0 Å². The van der Waals surface area contributed by atoms with E-state index in [0.717, 1.165) is 39.1 Å². The monoisotopic (exact) mass is 229 g/mol. The van der Waals surface area contributed by atoms with Crippen LogP contribution in [0.1, 0.15) is 32.6 Å². The van der Waals surface area contributed by atoms with Crippen LogP contribution in [0.15, 0.2) is 0 Å². The van der Waals surface area contributed by atoms with Gasteiger partial charge in [-0.25, -0.2) is 0 Å². The first-order chi connectivity index (χ1) is 7.83. The maximum atomic E-state index is 11.4. The van der Waals surface area contributed by atoms with E-state index in [-0.39, 0.29) is 5.97 Å². The molecular weight excluding hydrogens is 206 g/mol. The zero-order valence-corrected chi connectivity index (χ0v) is 10.2. The minimum Gasteiger partial charge on any atom is -0.465 e. The predicted molar refractivity (Wildman–Crippen MR) is 62.4 cm³/mol. The normalized spacial score (nSPS) is 17.3. The first-order valence-electron chi connectivity index (χ1n) is 6.28. The zero-order chi connectivity index (χ0) is 11.6. The molecule has 0 bridgehead atoms. The Balaban J connectivity index is 1.97. The van der Waals surface area contributed by atoms with Crippen LogP contribution in [-0.4, -0.2) is 50.3 Å². The number of hydrogen-bond acceptors (Lipinski definition) is 4. The third-order valence-corrected chi connectivity index (χ3v) is 2.72. The first kappa shape index (κ1) is 13.5. The van der Waals surface area contributed by atoms with Crippen molar-refractivity contribution in [2.45, 2.75) is 32.6 Å². The van der Waals surface area contributed by atoms with E-state index < -0.39 is 0 Å². The summed E-state index contributed by atoms with van der Waals surface area (Å²) in [5.74, 6) is -0.0987. The Morgan fingerprint density at radius 1 is 1.25 bits per heavy atom. The summed E-state index contributed by atoms with van der Waals surface area (Å²) in [4.78, 5) is 13.5. The van der Waals surface area contributed by atoms with Crippen molar-refractivity contribution < 1.29 is 14.3 Å². The molecule has 0 aromatic carbocycles. The molecule has 1 saturated heterocycles. The van der Waals surface area contributed by atoms with Crippen molar-refractivity contribution in [2.75, 3.05) is 39.5 Å². The molecule has 1 aliphatic heterocycles. The van der Waals surface area contributed by atoms with Gasteiger partial charge in [0.15, 0.2) is 0 Å². The molecule has 0 spiro atoms. The van der Waals surface area contributed by atoms with Crippen molar-refractivity contribution in [1.82, 2.24) is 4.90 Å². The van der Waals surface area contributed by atoms with E-state index in [1.54, 1.807) is 0 Å². The second-order valence-corrected chi connectivity index (χ2v) is 4.17. The Bertz CT molecular complexity index is 191. The lowest BCUT2D eigenvalue weighted by Crippen LogP contribution is -2.40. The highest BCUT2D eigenvalue weighted by atomic mass is 16.5. The van der Waals surface area contributed by atoms with Crippen molar-refractivity contribution >= 4 is 5.97 Å². The third kappa shape index (κ3) is 6.08. The summed E-state index contributed by atoms with van der Waals surface area (Å²) in [6.07, 6.45) is 4.58. The Morgan fingerprint density at radius 2 is 2.00 bits per heavy atom. The third-order valence-electron chi connectivity index (χ3n) is 2.72. The van der Waals surface area contributed by atoms with E-state index in [2.05, 4.69) is 11.8 Å². The van der Waals surface area contributed by atoms with Gasteiger partial charge in [-0.05, 0) is 6.42 Å². The maximum absolute atomic E-state index is 11.4. The second-order valence-electron chi connectivity index (χ2n) is 4.17. The number of ether oxygens (including phenoxy) is 2. The number of morpholine rings is 1. The van der Waals surface area contributed by atoms with Crippen LogP contribution in [0.4, 0.5) is 0 Å². The van der Waals surface area contributed by atoms with Crippen LogP contribution in [0.25, 0.3) is 0 Å². The van der Waals surface area contributed by atoms with Gasteiger partial charge in [0.2, 0.25) is 0 Å². The van der Waals surface area contributed by atoms with Gasteiger partial charge in [-0.15, -0.1) is 0 Å². The summed E-state index contributed by atoms with van der Waals surface area (Å²) in [6.45, 7) is 6.29. The molecule has 0 radical (unpaired) electrons. The lowest BCUT2D eigenvalue weighted by Gasteiger charge is -2.25. The van der Waals surface area contributed by atoms with Crippen LogP contribution >= 0.6 is 0 Å². The molecule has 0 amide bonds. The van der Waals surface area contributed by atoms with Gasteiger partial charge in [0, 0.05) is 13.1 Å². The van der Waals surface area contributed by atoms with E-state index in [0.29, 0.717) is 13.2 Å². The Hall–Kier alpha value is -0.610. The molecule has 0 unspecified atom stereocenters. The molecule has 1 heterocycles. The van der Waals surface area contributed by atoms with Crippen LogP contribution < -0.4 is 0 Å². The minimum absolute atomic E-state index is 0.0987. The number of nitrogens with zero attached hydrogens (tertiary/aromatic N) is 1. The van der Waals surface area contributed by atoms with Crippen LogP contribution in [0, 0.1) is 0 Å². The summed E-state index contributed by atoms with van der Waals surface area (Å²) >= 11 is 0. The minimum atomic E-state index is -0.0987. The maximum Gasteiger partial charge on any atom is 0.320 e. The van der Waals surface area contributed by atoms with Crippen LogP contribution in [0.3, 0.4) is 0 Å². The van der Waals surface area contributed by atoms with Gasteiger partial charge < -0.3 is 9.47 Å². The molecule has 4 nitrogen and oxygen atoms in total. The van der Waals surface area contributed by atoms with Gasteiger partial charge in [-0.3, -0.25) is 9.69 Å². The number of carbonyl (C=O) groups excluding carboxylic acids is 1. The summed E-state index contributed by atoms with van der Waals surface area (Å²) < 4.78 is 10.4. The standard InChI is InChI=1S/C12H23NO3/c1-2-3-4-5-8-16-12(14)11-13-6-9-15-10-7-13/h2-11H2,1H3. The molecular formula is C12H23NO3. The van der Waals surface area contributed by atoms with Gasteiger partial charge in [0.25, 0.3) is 0 Å². The molecule has 4 heteroatoms. The van der Waals surface area contributed by atoms with Crippen LogP contribution in [0.2, 0.25) is 0 Å². The van der Waals surface area contributed by atoms with Gasteiger partial charge in [-0.2, -0.15) is 0 Å². The van der Waals surface area contributed by atoms with Crippen molar-refractivity contribution in [1.29, 1.82) is 0 Å². The highest BCUT2D eigenvalue weighted by molar-refractivity contribution is 5.71. The summed E-state index contributed by atoms with van der Waals surface area (Å²) in [5, 5.41) is 0. The van der Waals surface area contributed by atoms with Crippen LogP contribution in [0.5, 0.6) is 0 Å². The lowest BCUT2D eigenvalue weighted by atomic mass is 10.2. The van der Waals surface area contributed by atoms with Crippen LogP contribution in [-0.2, 0) is 14.3 Å².